The van der Waals surface area contributed by atoms with Crippen LogP contribution < -0.4 is 0 Å². The average Bonchev–Trinajstić information content (AvgIpc) is 2.31. The molecule has 0 radical (unpaired) electrons. The molecule has 0 atom stereocenters. The number of aryl methyl sites for hydroxylation is 1. The van der Waals surface area contributed by atoms with Crippen LogP contribution >= 0.6 is 0 Å². The van der Waals surface area contributed by atoms with E-state index < -0.39 is 0 Å². The molecule has 1 aromatic heterocycles. The topological polar surface area (TPSA) is 55.5 Å². The van der Waals surface area contributed by atoms with E-state index in [0.717, 1.165) is 5.76 Å². The SMILES string of the molecule is Cc1cc(CN=C=O)no1. The number of hydrogen-bond acceptors (Lipinski definition) is 4. The van der Waals surface area contributed by atoms with Crippen molar-refractivity contribution in [2.45, 2.75) is 13.5 Å². The summed E-state index contributed by atoms with van der Waals surface area (Å²) in [5.74, 6) is 0.719. The van der Waals surface area contributed by atoms with E-state index in [0.29, 0.717) is 5.69 Å². The minimum Gasteiger partial charge on any atom is -0.361 e. The normalized spacial score (nSPS) is 8.90. The van der Waals surface area contributed by atoms with E-state index in [9.17, 15) is 4.79 Å². The van der Waals surface area contributed by atoms with Crippen LogP contribution in [0.4, 0.5) is 0 Å². The Morgan fingerprint density at radius 2 is 2.70 bits per heavy atom. The van der Waals surface area contributed by atoms with Crippen molar-refractivity contribution in [1.29, 1.82) is 0 Å². The minimum atomic E-state index is 0.251. The van der Waals surface area contributed by atoms with Gasteiger partial charge in [0.25, 0.3) is 0 Å². The highest BCUT2D eigenvalue weighted by Crippen LogP contribution is 2.01. The monoisotopic (exact) mass is 138 g/mol. The lowest BCUT2D eigenvalue weighted by Crippen LogP contribution is -1.77. The molecule has 52 valence electrons. The van der Waals surface area contributed by atoms with Crippen molar-refractivity contribution in [2.75, 3.05) is 0 Å². The van der Waals surface area contributed by atoms with E-state index in [2.05, 4.69) is 10.1 Å². The second kappa shape index (κ2) is 2.94. The van der Waals surface area contributed by atoms with Gasteiger partial charge in [-0.1, -0.05) is 5.16 Å². The van der Waals surface area contributed by atoms with Gasteiger partial charge in [-0.3, -0.25) is 0 Å². The van der Waals surface area contributed by atoms with Gasteiger partial charge in [0.05, 0.1) is 6.54 Å². The summed E-state index contributed by atoms with van der Waals surface area (Å²) >= 11 is 0. The summed E-state index contributed by atoms with van der Waals surface area (Å²) in [7, 11) is 0. The number of nitrogens with zero attached hydrogens (tertiary/aromatic N) is 2. The van der Waals surface area contributed by atoms with Gasteiger partial charge in [-0.2, -0.15) is 4.99 Å². The van der Waals surface area contributed by atoms with E-state index in [4.69, 9.17) is 4.52 Å². The molecule has 1 aromatic rings. The van der Waals surface area contributed by atoms with Crippen LogP contribution in [-0.2, 0) is 11.3 Å². The van der Waals surface area contributed by atoms with Crippen LogP contribution in [0.15, 0.2) is 15.6 Å². The highest BCUT2D eigenvalue weighted by Gasteiger charge is 1.96. The minimum absolute atomic E-state index is 0.251. The molecule has 0 aliphatic carbocycles. The third kappa shape index (κ3) is 1.53. The van der Waals surface area contributed by atoms with Crippen molar-refractivity contribution < 1.29 is 9.32 Å². The summed E-state index contributed by atoms with van der Waals surface area (Å²) in [5.41, 5.74) is 0.654. The fraction of sp³-hybridized carbons (Fsp3) is 0.333. The Morgan fingerprint density at radius 3 is 3.20 bits per heavy atom. The summed E-state index contributed by atoms with van der Waals surface area (Å²) in [6.07, 6.45) is 1.42. The van der Waals surface area contributed by atoms with Crippen LogP contribution in [0.5, 0.6) is 0 Å². The molecule has 0 aromatic carbocycles. The molecule has 0 spiro atoms. The predicted molar refractivity (Wildman–Crippen MR) is 33.1 cm³/mol. The molecule has 0 saturated carbocycles. The fourth-order valence-electron chi connectivity index (χ4n) is 0.606. The smallest absolute Gasteiger partial charge is 0.235 e. The Hall–Kier alpha value is -1.41. The molecular weight excluding hydrogens is 132 g/mol. The van der Waals surface area contributed by atoms with Gasteiger partial charge in [-0.15, -0.1) is 0 Å². The van der Waals surface area contributed by atoms with Crippen LogP contribution in [0.1, 0.15) is 11.5 Å². The molecule has 1 heterocycles. The Morgan fingerprint density at radius 1 is 1.90 bits per heavy atom. The van der Waals surface area contributed by atoms with Gasteiger partial charge in [0.2, 0.25) is 6.08 Å². The molecule has 0 amide bonds. The summed E-state index contributed by atoms with van der Waals surface area (Å²) in [4.78, 5) is 13.0. The van der Waals surface area contributed by atoms with Gasteiger partial charge in [-0.25, -0.2) is 4.79 Å². The molecule has 4 nitrogen and oxygen atoms in total. The summed E-state index contributed by atoms with van der Waals surface area (Å²) in [5, 5.41) is 3.61. The Labute approximate surface area is 57.5 Å². The first-order valence-corrected chi connectivity index (χ1v) is 2.79. The van der Waals surface area contributed by atoms with Crippen LogP contribution in [0.25, 0.3) is 0 Å². The van der Waals surface area contributed by atoms with E-state index in [1.165, 1.54) is 6.08 Å². The quantitative estimate of drug-likeness (QED) is 0.449. The zero-order valence-corrected chi connectivity index (χ0v) is 5.50. The number of rotatable bonds is 2. The number of hydrogen-bond donors (Lipinski definition) is 0. The van der Waals surface area contributed by atoms with Crippen molar-refractivity contribution in [3.05, 3.63) is 17.5 Å². The third-order valence-electron chi connectivity index (χ3n) is 0.982. The van der Waals surface area contributed by atoms with Crippen molar-refractivity contribution in [2.24, 2.45) is 4.99 Å². The third-order valence-corrected chi connectivity index (χ3v) is 0.982. The zero-order valence-electron chi connectivity index (χ0n) is 5.50. The molecule has 0 saturated heterocycles. The van der Waals surface area contributed by atoms with Crippen molar-refractivity contribution in [3.63, 3.8) is 0 Å². The molecular formula is C6H6N2O2. The lowest BCUT2D eigenvalue weighted by atomic mass is 10.4. The molecule has 1 rings (SSSR count). The van der Waals surface area contributed by atoms with Crippen LogP contribution in [0.3, 0.4) is 0 Å². The van der Waals surface area contributed by atoms with E-state index in [-0.39, 0.29) is 6.54 Å². The van der Waals surface area contributed by atoms with E-state index in [1.54, 1.807) is 13.0 Å². The van der Waals surface area contributed by atoms with Gasteiger partial charge in [0.15, 0.2) is 0 Å². The summed E-state index contributed by atoms with van der Waals surface area (Å²) in [6.45, 7) is 2.03. The molecule has 0 unspecified atom stereocenters. The first kappa shape index (κ1) is 6.71. The second-order valence-electron chi connectivity index (χ2n) is 1.84. The summed E-state index contributed by atoms with van der Waals surface area (Å²) in [6, 6.07) is 1.72. The second-order valence-corrected chi connectivity index (χ2v) is 1.84. The zero-order chi connectivity index (χ0) is 7.40. The van der Waals surface area contributed by atoms with Crippen LogP contribution in [0.2, 0.25) is 0 Å². The van der Waals surface area contributed by atoms with E-state index >= 15 is 0 Å². The fourth-order valence-corrected chi connectivity index (χ4v) is 0.606. The van der Waals surface area contributed by atoms with Gasteiger partial charge >= 0.3 is 0 Å². The van der Waals surface area contributed by atoms with Gasteiger partial charge in [-0.05, 0) is 6.92 Å². The van der Waals surface area contributed by atoms with Crippen molar-refractivity contribution >= 4 is 6.08 Å². The lowest BCUT2D eigenvalue weighted by Gasteiger charge is -1.76. The first-order chi connectivity index (χ1) is 4.83. The maximum Gasteiger partial charge on any atom is 0.235 e. The molecule has 10 heavy (non-hydrogen) atoms. The maximum absolute atomic E-state index is 9.63. The molecule has 0 aliphatic rings. The predicted octanol–water partition coefficient (Wildman–Crippen LogP) is 0.819. The van der Waals surface area contributed by atoms with Gasteiger partial charge < -0.3 is 4.52 Å². The molecule has 0 N–H and O–H groups in total. The Kier molecular flexibility index (Phi) is 1.97. The molecule has 4 heteroatoms. The highest BCUT2D eigenvalue weighted by atomic mass is 16.5. The average molecular weight is 138 g/mol. The standard InChI is InChI=1S/C6H6N2O2/c1-5-2-6(8-10-5)3-7-4-9/h2H,3H2,1H3. The first-order valence-electron chi connectivity index (χ1n) is 2.79. The number of isocyanates is 1. The maximum atomic E-state index is 9.63. The highest BCUT2D eigenvalue weighted by molar-refractivity contribution is 5.33. The van der Waals surface area contributed by atoms with Crippen molar-refractivity contribution in [1.82, 2.24) is 5.16 Å². The van der Waals surface area contributed by atoms with Crippen LogP contribution in [-0.4, -0.2) is 11.2 Å². The summed E-state index contributed by atoms with van der Waals surface area (Å²) < 4.78 is 4.72. The molecule has 0 fully saturated rings. The molecule has 0 bridgehead atoms. The van der Waals surface area contributed by atoms with Gasteiger partial charge in [0.1, 0.15) is 11.5 Å². The van der Waals surface area contributed by atoms with Crippen LogP contribution in [0, 0.1) is 6.92 Å². The largest absolute Gasteiger partial charge is 0.361 e. The van der Waals surface area contributed by atoms with Crippen molar-refractivity contribution in [3.8, 4) is 0 Å². The number of carbonyl (C=O) groups excluding carboxylic acids is 1. The Bertz CT molecular complexity index is 260. The van der Waals surface area contributed by atoms with E-state index in [1.807, 2.05) is 0 Å². The lowest BCUT2D eigenvalue weighted by molar-refractivity contribution is 0.391. The molecule has 0 aliphatic heterocycles. The number of aromatic nitrogens is 1. The number of aliphatic imine (C=N–C) groups is 1. The Balaban J connectivity index is 2.66. The van der Waals surface area contributed by atoms with Gasteiger partial charge in [0, 0.05) is 6.07 Å².